The Labute approximate surface area is 97.4 Å². The molecule has 1 atom stereocenters. The lowest BCUT2D eigenvalue weighted by atomic mass is 10.2. The zero-order valence-corrected chi connectivity index (χ0v) is 9.25. The molecular weight excluding hydrogens is 233 g/mol. The Kier molecular flexibility index (Phi) is 3.12. The Morgan fingerprint density at radius 2 is 2.31 bits per heavy atom. The molecule has 3 nitrogen and oxygen atoms in total. The zero-order chi connectivity index (χ0) is 11.7. The number of likely N-dealkylation sites (tertiary alicyclic amines) is 1. The quantitative estimate of drug-likeness (QED) is 0.815. The maximum Gasteiger partial charge on any atom is 0.255 e. The Balaban J connectivity index is 2.21. The fraction of sp³-hybridized carbons (Fsp3) is 0.364. The highest BCUT2D eigenvalue weighted by Gasteiger charge is 2.26. The van der Waals surface area contributed by atoms with Crippen LogP contribution in [0.4, 0.5) is 4.39 Å². The molecule has 1 saturated heterocycles. The van der Waals surface area contributed by atoms with Crippen LogP contribution in [0, 0.1) is 5.82 Å². The predicted octanol–water partition coefficient (Wildman–Crippen LogP) is 1.69. The summed E-state index contributed by atoms with van der Waals surface area (Å²) in [4.78, 5) is 13.5. The van der Waals surface area contributed by atoms with Crippen molar-refractivity contribution in [3.63, 3.8) is 0 Å². The number of aliphatic hydroxyl groups is 1. The molecule has 1 aliphatic heterocycles. The largest absolute Gasteiger partial charge is 0.391 e. The summed E-state index contributed by atoms with van der Waals surface area (Å²) in [7, 11) is 0. The molecular formula is C11H11ClFNO2. The number of hydrogen-bond donors (Lipinski definition) is 1. The van der Waals surface area contributed by atoms with Gasteiger partial charge in [-0.1, -0.05) is 11.6 Å². The molecule has 5 heteroatoms. The number of amides is 1. The second-order valence-electron chi connectivity index (χ2n) is 3.82. The van der Waals surface area contributed by atoms with Gasteiger partial charge in [0, 0.05) is 13.1 Å². The summed E-state index contributed by atoms with van der Waals surface area (Å²) in [5.74, 6) is -0.732. The standard InChI is InChI=1S/C11H11ClFNO2/c12-10-5-7(13)1-2-9(10)11(16)14-4-3-8(15)6-14/h1-2,5,8,15H,3-4,6H2/t8-/m1/s1. The number of carbonyl (C=O) groups is 1. The van der Waals surface area contributed by atoms with Crippen molar-refractivity contribution in [1.82, 2.24) is 4.90 Å². The van der Waals surface area contributed by atoms with Crippen LogP contribution < -0.4 is 0 Å². The fourth-order valence-electron chi connectivity index (χ4n) is 1.76. The van der Waals surface area contributed by atoms with Crippen molar-refractivity contribution in [2.45, 2.75) is 12.5 Å². The van der Waals surface area contributed by atoms with Gasteiger partial charge in [0.1, 0.15) is 5.82 Å². The maximum absolute atomic E-state index is 12.8. The van der Waals surface area contributed by atoms with E-state index in [-0.39, 0.29) is 16.5 Å². The maximum atomic E-state index is 12.8. The van der Waals surface area contributed by atoms with Crippen molar-refractivity contribution in [2.24, 2.45) is 0 Å². The fourth-order valence-corrected chi connectivity index (χ4v) is 2.01. The number of carbonyl (C=O) groups excluding carboxylic acids is 1. The summed E-state index contributed by atoms with van der Waals surface area (Å²) in [6.07, 6.45) is 0.105. The molecule has 1 N–H and O–H groups in total. The first-order chi connectivity index (χ1) is 7.58. The molecule has 0 bridgehead atoms. The van der Waals surface area contributed by atoms with Crippen molar-refractivity contribution >= 4 is 17.5 Å². The Hall–Kier alpha value is -1.13. The van der Waals surface area contributed by atoms with Crippen LogP contribution in [0.3, 0.4) is 0 Å². The molecule has 0 aromatic heterocycles. The summed E-state index contributed by atoms with van der Waals surface area (Å²) >= 11 is 5.79. The number of rotatable bonds is 1. The number of benzene rings is 1. The van der Waals surface area contributed by atoms with Gasteiger partial charge in [0.05, 0.1) is 16.7 Å². The van der Waals surface area contributed by atoms with Crippen LogP contribution in [0.15, 0.2) is 18.2 Å². The van der Waals surface area contributed by atoms with Gasteiger partial charge in [-0.15, -0.1) is 0 Å². The van der Waals surface area contributed by atoms with Crippen LogP contribution in [0.25, 0.3) is 0 Å². The molecule has 0 aliphatic carbocycles. The van der Waals surface area contributed by atoms with E-state index in [1.54, 1.807) is 0 Å². The Morgan fingerprint density at radius 1 is 1.56 bits per heavy atom. The van der Waals surface area contributed by atoms with Crippen molar-refractivity contribution in [1.29, 1.82) is 0 Å². The predicted molar refractivity (Wildman–Crippen MR) is 57.9 cm³/mol. The first-order valence-corrected chi connectivity index (χ1v) is 5.38. The van der Waals surface area contributed by atoms with Crippen LogP contribution >= 0.6 is 11.6 Å². The molecule has 1 aromatic rings. The van der Waals surface area contributed by atoms with E-state index in [1.807, 2.05) is 0 Å². The summed E-state index contributed by atoms with van der Waals surface area (Å²) < 4.78 is 12.8. The molecule has 16 heavy (non-hydrogen) atoms. The summed E-state index contributed by atoms with van der Waals surface area (Å²) in [5, 5.41) is 9.43. The van der Waals surface area contributed by atoms with Crippen LogP contribution in [0.5, 0.6) is 0 Å². The lowest BCUT2D eigenvalue weighted by molar-refractivity contribution is 0.0765. The van der Waals surface area contributed by atoms with Crippen molar-refractivity contribution in [3.05, 3.63) is 34.6 Å². The highest BCUT2D eigenvalue weighted by atomic mass is 35.5. The summed E-state index contributed by atoms with van der Waals surface area (Å²) in [6.45, 7) is 0.820. The molecule has 0 radical (unpaired) electrons. The van der Waals surface area contributed by atoms with Crippen LogP contribution in [-0.4, -0.2) is 35.1 Å². The molecule has 1 aliphatic rings. The average Bonchev–Trinajstić information content (AvgIpc) is 2.64. The van der Waals surface area contributed by atoms with Gasteiger partial charge in [-0.05, 0) is 24.6 Å². The second kappa shape index (κ2) is 4.39. The van der Waals surface area contributed by atoms with Gasteiger partial charge in [0.15, 0.2) is 0 Å². The van der Waals surface area contributed by atoms with Gasteiger partial charge >= 0.3 is 0 Å². The minimum Gasteiger partial charge on any atom is -0.391 e. The lowest BCUT2D eigenvalue weighted by Gasteiger charge is -2.16. The van der Waals surface area contributed by atoms with Crippen LogP contribution in [-0.2, 0) is 0 Å². The van der Waals surface area contributed by atoms with Gasteiger partial charge in [0.25, 0.3) is 5.91 Å². The van der Waals surface area contributed by atoms with Crippen LogP contribution in [0.2, 0.25) is 5.02 Å². The third-order valence-electron chi connectivity index (χ3n) is 2.61. The van der Waals surface area contributed by atoms with E-state index in [1.165, 1.54) is 17.0 Å². The molecule has 1 aromatic carbocycles. The number of aliphatic hydroxyl groups excluding tert-OH is 1. The Morgan fingerprint density at radius 3 is 2.88 bits per heavy atom. The van der Waals surface area contributed by atoms with Crippen LogP contribution in [0.1, 0.15) is 16.8 Å². The van der Waals surface area contributed by atoms with Gasteiger partial charge in [-0.3, -0.25) is 4.79 Å². The van der Waals surface area contributed by atoms with Crippen molar-refractivity contribution in [3.8, 4) is 0 Å². The minimum absolute atomic E-state index is 0.103. The zero-order valence-electron chi connectivity index (χ0n) is 8.49. The van der Waals surface area contributed by atoms with E-state index < -0.39 is 11.9 Å². The SMILES string of the molecule is O=C(c1ccc(F)cc1Cl)N1CC[C@@H](O)C1. The number of halogens is 2. The smallest absolute Gasteiger partial charge is 0.255 e. The highest BCUT2D eigenvalue weighted by molar-refractivity contribution is 6.33. The number of β-amino-alcohol motifs (C(OH)–C–C–N with tert-alkyl or cyclic N) is 1. The molecule has 1 fully saturated rings. The van der Waals surface area contributed by atoms with Gasteiger partial charge < -0.3 is 10.0 Å². The lowest BCUT2D eigenvalue weighted by Crippen LogP contribution is -2.29. The minimum atomic E-state index is -0.469. The molecule has 1 amide bonds. The van der Waals surface area contributed by atoms with E-state index in [4.69, 9.17) is 11.6 Å². The molecule has 0 spiro atoms. The number of nitrogens with zero attached hydrogens (tertiary/aromatic N) is 1. The van der Waals surface area contributed by atoms with Crippen molar-refractivity contribution < 1.29 is 14.3 Å². The number of hydrogen-bond acceptors (Lipinski definition) is 2. The van der Waals surface area contributed by atoms with E-state index in [9.17, 15) is 14.3 Å². The highest BCUT2D eigenvalue weighted by Crippen LogP contribution is 2.21. The van der Waals surface area contributed by atoms with E-state index in [0.717, 1.165) is 6.07 Å². The molecule has 86 valence electrons. The molecule has 0 saturated carbocycles. The molecule has 2 rings (SSSR count). The first kappa shape index (κ1) is 11.4. The van der Waals surface area contributed by atoms with Gasteiger partial charge in [0.2, 0.25) is 0 Å². The second-order valence-corrected chi connectivity index (χ2v) is 4.23. The summed E-state index contributed by atoms with van der Waals surface area (Å²) in [5.41, 5.74) is 0.275. The molecule has 1 heterocycles. The average molecular weight is 244 g/mol. The Bertz CT molecular complexity index is 424. The topological polar surface area (TPSA) is 40.5 Å². The monoisotopic (exact) mass is 243 g/mol. The van der Waals surface area contributed by atoms with E-state index in [2.05, 4.69) is 0 Å². The third-order valence-corrected chi connectivity index (χ3v) is 2.92. The first-order valence-electron chi connectivity index (χ1n) is 5.00. The normalized spacial score (nSPS) is 20.2. The van der Waals surface area contributed by atoms with E-state index >= 15 is 0 Å². The van der Waals surface area contributed by atoms with Gasteiger partial charge in [-0.2, -0.15) is 0 Å². The van der Waals surface area contributed by atoms with Crippen molar-refractivity contribution in [2.75, 3.05) is 13.1 Å². The molecule has 0 unspecified atom stereocenters. The van der Waals surface area contributed by atoms with E-state index in [0.29, 0.717) is 19.5 Å². The third kappa shape index (κ3) is 2.18. The van der Waals surface area contributed by atoms with Gasteiger partial charge in [-0.25, -0.2) is 4.39 Å². The summed E-state index contributed by atoms with van der Waals surface area (Å²) in [6, 6.07) is 3.68.